The first-order valence-corrected chi connectivity index (χ1v) is 18.3. The molecule has 10 rings (SSSR count). The molecule has 51 heavy (non-hydrogen) atoms. The van der Waals surface area contributed by atoms with Crippen molar-refractivity contribution in [2.24, 2.45) is 22.7 Å². The highest BCUT2D eigenvalue weighted by atomic mass is 15.2. The molecule has 0 fully saturated rings. The van der Waals surface area contributed by atoms with Gasteiger partial charge in [-0.05, 0) is 52.6 Å². The van der Waals surface area contributed by atoms with E-state index in [0.717, 1.165) is 35.4 Å². The van der Waals surface area contributed by atoms with Gasteiger partial charge in [0.05, 0.1) is 11.4 Å². The van der Waals surface area contributed by atoms with Crippen molar-refractivity contribution < 1.29 is 0 Å². The van der Waals surface area contributed by atoms with Gasteiger partial charge in [-0.25, -0.2) is 0 Å². The fourth-order valence-corrected chi connectivity index (χ4v) is 9.06. The Labute approximate surface area is 300 Å². The normalized spacial score (nSPS) is 25.7. The summed E-state index contributed by atoms with van der Waals surface area (Å²) in [7, 11) is 2.22. The van der Waals surface area contributed by atoms with Gasteiger partial charge < -0.3 is 4.90 Å². The lowest BCUT2D eigenvalue weighted by molar-refractivity contribution is 0.320. The van der Waals surface area contributed by atoms with E-state index in [4.69, 9.17) is 9.98 Å². The van der Waals surface area contributed by atoms with Crippen LogP contribution in [0.3, 0.4) is 0 Å². The van der Waals surface area contributed by atoms with Crippen molar-refractivity contribution in [3.05, 3.63) is 203 Å². The van der Waals surface area contributed by atoms with Crippen LogP contribution in [0.2, 0.25) is 0 Å². The van der Waals surface area contributed by atoms with Crippen molar-refractivity contribution in [1.82, 2.24) is 9.88 Å². The number of rotatable bonds is 4. The highest BCUT2D eigenvalue weighted by Gasteiger charge is 2.36. The zero-order valence-electron chi connectivity index (χ0n) is 28.7. The topological polar surface area (TPSA) is 28.5 Å². The Kier molecular flexibility index (Phi) is 7.20. The predicted molar refractivity (Wildman–Crippen MR) is 211 cm³/mol. The van der Waals surface area contributed by atoms with E-state index >= 15 is 0 Å². The third-order valence-electron chi connectivity index (χ3n) is 11.6. The van der Waals surface area contributed by atoms with Gasteiger partial charge in [-0.15, -0.1) is 0 Å². The van der Waals surface area contributed by atoms with Gasteiger partial charge in [0.1, 0.15) is 6.17 Å². The molecule has 3 heteroatoms. The minimum atomic E-state index is -0.195. The van der Waals surface area contributed by atoms with E-state index in [0.29, 0.717) is 23.7 Å². The first-order valence-electron chi connectivity index (χ1n) is 18.3. The number of nitrogens with zero attached hydrogens (tertiary/aromatic N) is 3. The Bertz CT molecular complexity index is 2400. The molecule has 0 amide bonds. The van der Waals surface area contributed by atoms with Gasteiger partial charge in [0.25, 0.3) is 0 Å². The molecule has 4 aromatic rings. The Morgan fingerprint density at radius 3 is 2.35 bits per heavy atom. The van der Waals surface area contributed by atoms with Gasteiger partial charge in [-0.1, -0.05) is 151 Å². The van der Waals surface area contributed by atoms with Crippen LogP contribution in [0, 0.1) is 17.8 Å². The highest BCUT2D eigenvalue weighted by molar-refractivity contribution is 6.30. The summed E-state index contributed by atoms with van der Waals surface area (Å²) in [5.74, 6) is 1.44. The molecule has 0 saturated carbocycles. The van der Waals surface area contributed by atoms with Crippen LogP contribution in [0.1, 0.15) is 41.6 Å². The average Bonchev–Trinajstić information content (AvgIpc) is 3.20. The number of aliphatic imine (C=N–C) groups is 1. The van der Waals surface area contributed by atoms with E-state index in [-0.39, 0.29) is 6.17 Å². The predicted octanol–water partition coefficient (Wildman–Crippen LogP) is 11.0. The standard InChI is InChI=1S/C48H39N3/c1-51-46(44-29-35-14-4-6-16-37(35)40-19-9-11-21-42(40)44)30-45(43-28-34-13-3-5-15-36(34)39-18-8-10-20-41(39)43)50-48(51)33-24-22-32(23-25-33)47-38-17-7-2-12-31(38)26-27-49-47/h2-8,10-18,20-30,34-37,48H,9,19H2,1H3. The van der Waals surface area contributed by atoms with Crippen molar-refractivity contribution in [2.75, 3.05) is 7.05 Å². The van der Waals surface area contributed by atoms with Crippen LogP contribution in [0.4, 0.5) is 0 Å². The maximum atomic E-state index is 5.63. The summed E-state index contributed by atoms with van der Waals surface area (Å²) >= 11 is 0. The highest BCUT2D eigenvalue weighted by Crippen LogP contribution is 2.48. The summed E-state index contributed by atoms with van der Waals surface area (Å²) < 4.78 is 0. The fourth-order valence-electron chi connectivity index (χ4n) is 9.06. The lowest BCUT2D eigenvalue weighted by Crippen LogP contribution is -2.32. The van der Waals surface area contributed by atoms with E-state index in [9.17, 15) is 0 Å². The average molecular weight is 658 g/mol. The van der Waals surface area contributed by atoms with Gasteiger partial charge in [0.15, 0.2) is 0 Å². The number of pyridine rings is 1. The second-order valence-electron chi connectivity index (χ2n) is 14.4. The van der Waals surface area contributed by atoms with Crippen LogP contribution >= 0.6 is 0 Å². The number of allylic oxidation sites excluding steroid dienone is 16. The lowest BCUT2D eigenvalue weighted by Gasteiger charge is -2.40. The molecular formula is C48H39N3. The van der Waals surface area contributed by atoms with Gasteiger partial charge in [0.2, 0.25) is 0 Å². The van der Waals surface area contributed by atoms with Crippen LogP contribution in [0.15, 0.2) is 191 Å². The molecule has 0 saturated heterocycles. The zero-order chi connectivity index (χ0) is 33.9. The molecule has 0 bridgehead atoms. The second-order valence-corrected chi connectivity index (χ2v) is 14.4. The van der Waals surface area contributed by atoms with Gasteiger partial charge >= 0.3 is 0 Å². The van der Waals surface area contributed by atoms with E-state index < -0.39 is 0 Å². The van der Waals surface area contributed by atoms with E-state index in [2.05, 4.69) is 170 Å². The van der Waals surface area contributed by atoms with Crippen molar-refractivity contribution in [2.45, 2.75) is 24.9 Å². The monoisotopic (exact) mass is 657 g/mol. The minimum Gasteiger partial charge on any atom is -0.349 e. The molecule has 3 nitrogen and oxygen atoms in total. The van der Waals surface area contributed by atoms with Crippen LogP contribution in [0.5, 0.6) is 0 Å². The number of fused-ring (bicyclic) bond motifs is 6. The van der Waals surface area contributed by atoms with Crippen molar-refractivity contribution in [3.8, 4) is 11.3 Å². The van der Waals surface area contributed by atoms with Crippen molar-refractivity contribution in [1.29, 1.82) is 0 Å². The van der Waals surface area contributed by atoms with Crippen molar-refractivity contribution >= 4 is 22.1 Å². The molecule has 1 aliphatic heterocycles. The molecular weight excluding hydrogens is 619 g/mol. The number of likely N-dealkylation sites (N-methyl/N-ethyl adjacent to an activating group) is 1. The number of aromatic nitrogens is 1. The maximum Gasteiger partial charge on any atom is 0.147 e. The number of hydrogen-bond acceptors (Lipinski definition) is 3. The number of benzene rings is 3. The van der Waals surface area contributed by atoms with Crippen LogP contribution < -0.4 is 0 Å². The van der Waals surface area contributed by atoms with Gasteiger partial charge in [-0.2, -0.15) is 0 Å². The minimum absolute atomic E-state index is 0.195. The summed E-state index contributed by atoms with van der Waals surface area (Å²) in [6.07, 6.45) is 34.3. The second kappa shape index (κ2) is 12.2. The molecule has 0 radical (unpaired) electrons. The summed E-state index contributed by atoms with van der Waals surface area (Å²) in [6, 6.07) is 28.5. The molecule has 5 unspecified atom stereocenters. The first kappa shape index (κ1) is 30.1. The smallest absolute Gasteiger partial charge is 0.147 e. The third kappa shape index (κ3) is 5.02. The van der Waals surface area contributed by atoms with E-state index in [1.807, 2.05) is 6.20 Å². The van der Waals surface area contributed by atoms with Crippen LogP contribution in [0.25, 0.3) is 27.6 Å². The summed E-state index contributed by atoms with van der Waals surface area (Å²) in [5.41, 5.74) is 13.7. The SMILES string of the molecule is CN1C(C2=CC3C=CC=CC3C3=C2C=CCC3)=CC(C2=CC3C=CC=CC3c3ccccc32)=NC1c1ccc(-c2nccc3ccccc23)cc1. The molecule has 3 aromatic carbocycles. The molecule has 246 valence electrons. The molecule has 2 heterocycles. The Morgan fingerprint density at radius 2 is 1.47 bits per heavy atom. The first-order chi connectivity index (χ1) is 25.2. The Balaban J connectivity index is 1.12. The van der Waals surface area contributed by atoms with Gasteiger partial charge in [-0.3, -0.25) is 9.98 Å². The third-order valence-corrected chi connectivity index (χ3v) is 11.6. The molecule has 0 N–H and O–H groups in total. The summed E-state index contributed by atoms with van der Waals surface area (Å²) in [6.45, 7) is 0. The molecule has 1 aromatic heterocycles. The van der Waals surface area contributed by atoms with E-state index in [1.54, 1.807) is 5.57 Å². The number of hydrogen-bond donors (Lipinski definition) is 0. The Hall–Kier alpha value is -5.80. The van der Waals surface area contributed by atoms with Crippen LogP contribution in [-0.4, -0.2) is 22.6 Å². The maximum absolute atomic E-state index is 5.63. The van der Waals surface area contributed by atoms with Crippen molar-refractivity contribution in [3.63, 3.8) is 0 Å². The lowest BCUT2D eigenvalue weighted by atomic mass is 9.70. The zero-order valence-corrected chi connectivity index (χ0v) is 28.7. The van der Waals surface area contributed by atoms with Gasteiger partial charge in [0, 0.05) is 64.7 Å². The largest absolute Gasteiger partial charge is 0.349 e. The quantitative estimate of drug-likeness (QED) is 0.218. The summed E-state index contributed by atoms with van der Waals surface area (Å²) in [5, 5.41) is 2.37. The summed E-state index contributed by atoms with van der Waals surface area (Å²) in [4.78, 5) is 12.8. The van der Waals surface area contributed by atoms with E-state index in [1.165, 1.54) is 44.3 Å². The molecule has 6 aliphatic rings. The molecule has 5 atom stereocenters. The fraction of sp³-hybridized carbons (Fsp3) is 0.167. The molecule has 5 aliphatic carbocycles. The molecule has 0 spiro atoms. The van der Waals surface area contributed by atoms with Crippen LogP contribution in [-0.2, 0) is 0 Å². The Morgan fingerprint density at radius 1 is 0.725 bits per heavy atom.